The summed E-state index contributed by atoms with van der Waals surface area (Å²) < 4.78 is 10.7. The van der Waals surface area contributed by atoms with Crippen molar-refractivity contribution in [1.29, 1.82) is 0 Å². The lowest BCUT2D eigenvalue weighted by molar-refractivity contribution is 0.292. The summed E-state index contributed by atoms with van der Waals surface area (Å²) in [5.74, 6) is 2.42. The van der Waals surface area contributed by atoms with Crippen molar-refractivity contribution in [3.63, 3.8) is 0 Å². The monoisotopic (exact) mass is 506 g/mol. The molecule has 2 N–H and O–H groups in total. The number of rotatable bonds is 12. The molecule has 0 aromatic heterocycles. The summed E-state index contributed by atoms with van der Waals surface area (Å²) in [6.07, 6.45) is 2.30. The second-order valence-electron chi connectivity index (χ2n) is 6.59. The number of hydrogen-bond donors (Lipinski definition) is 2. The quantitative estimate of drug-likeness (QED) is 0.256. The maximum absolute atomic E-state index is 5.46. The molecule has 1 atom stereocenters. The number of guanidine groups is 1. The average Bonchev–Trinajstić information content (AvgIpc) is 2.69. The molecule has 0 saturated heterocycles. The first-order valence-corrected chi connectivity index (χ1v) is 10.1. The highest BCUT2D eigenvalue weighted by Gasteiger charge is 2.08. The van der Waals surface area contributed by atoms with Gasteiger partial charge in [0.05, 0.1) is 20.8 Å². The Morgan fingerprint density at radius 3 is 2.43 bits per heavy atom. The van der Waals surface area contributed by atoms with Gasteiger partial charge in [-0.1, -0.05) is 13.8 Å². The molecule has 1 aromatic rings. The van der Waals surface area contributed by atoms with Crippen LogP contribution >= 0.6 is 24.0 Å². The first-order valence-electron chi connectivity index (χ1n) is 10.1. The Kier molecular flexibility index (Phi) is 15.0. The number of hydrogen-bond acceptors (Lipinski definition) is 4. The highest BCUT2D eigenvalue weighted by molar-refractivity contribution is 14.0. The molecule has 0 heterocycles. The summed E-state index contributed by atoms with van der Waals surface area (Å²) in [4.78, 5) is 7.19. The normalized spacial score (nSPS) is 12.3. The van der Waals surface area contributed by atoms with Gasteiger partial charge in [0, 0.05) is 24.2 Å². The Morgan fingerprint density at radius 1 is 1.14 bits per heavy atom. The molecule has 0 aliphatic carbocycles. The highest BCUT2D eigenvalue weighted by atomic mass is 127. The number of nitrogens with one attached hydrogen (secondary N) is 2. The first-order chi connectivity index (χ1) is 13.1. The molecule has 162 valence electrons. The van der Waals surface area contributed by atoms with E-state index in [2.05, 4.69) is 43.2 Å². The van der Waals surface area contributed by atoms with Crippen LogP contribution in [0.15, 0.2) is 23.2 Å². The minimum Gasteiger partial charge on any atom is -0.497 e. The zero-order chi connectivity index (χ0) is 20.1. The Bertz CT molecular complexity index is 565. The van der Waals surface area contributed by atoms with E-state index in [1.807, 2.05) is 18.2 Å². The maximum atomic E-state index is 5.46. The van der Waals surface area contributed by atoms with Gasteiger partial charge in [0.15, 0.2) is 5.96 Å². The lowest BCUT2D eigenvalue weighted by Gasteiger charge is -2.21. The first kappa shape index (κ1) is 26.8. The third kappa shape index (κ3) is 9.82. The lowest BCUT2D eigenvalue weighted by Crippen LogP contribution is -2.42. The number of halogens is 1. The van der Waals surface area contributed by atoms with E-state index in [1.54, 1.807) is 14.2 Å². The van der Waals surface area contributed by atoms with Gasteiger partial charge in [-0.05, 0) is 58.5 Å². The number of nitrogens with zero attached hydrogens (tertiary/aromatic N) is 2. The molecule has 28 heavy (non-hydrogen) atoms. The van der Waals surface area contributed by atoms with Gasteiger partial charge < -0.3 is 25.0 Å². The minimum atomic E-state index is 0. The van der Waals surface area contributed by atoms with Crippen LogP contribution in [0.4, 0.5) is 0 Å². The van der Waals surface area contributed by atoms with Crippen LogP contribution in [0.2, 0.25) is 0 Å². The van der Waals surface area contributed by atoms with E-state index < -0.39 is 0 Å². The summed E-state index contributed by atoms with van der Waals surface area (Å²) in [6, 6.07) is 6.19. The summed E-state index contributed by atoms with van der Waals surface area (Å²) >= 11 is 0. The summed E-state index contributed by atoms with van der Waals surface area (Å²) in [7, 11) is 3.32. The van der Waals surface area contributed by atoms with E-state index in [4.69, 9.17) is 14.5 Å². The smallest absolute Gasteiger partial charge is 0.191 e. The number of benzene rings is 1. The third-order valence-electron chi connectivity index (χ3n) is 4.64. The van der Waals surface area contributed by atoms with Gasteiger partial charge in [-0.2, -0.15) is 0 Å². The SMILES string of the molecule is CCNC(=NCc1ccc(OC)cc1OC)NC(C)CCCN(CC)CC.I. The van der Waals surface area contributed by atoms with E-state index in [-0.39, 0.29) is 24.0 Å². The fourth-order valence-electron chi connectivity index (χ4n) is 2.93. The second-order valence-corrected chi connectivity index (χ2v) is 6.59. The van der Waals surface area contributed by atoms with E-state index in [0.717, 1.165) is 55.6 Å². The van der Waals surface area contributed by atoms with Crippen LogP contribution in [0.1, 0.15) is 46.1 Å². The average molecular weight is 506 g/mol. The molecule has 1 unspecified atom stereocenters. The Morgan fingerprint density at radius 2 is 1.86 bits per heavy atom. The van der Waals surface area contributed by atoms with Crippen LogP contribution in [0.3, 0.4) is 0 Å². The second kappa shape index (κ2) is 15.7. The van der Waals surface area contributed by atoms with E-state index >= 15 is 0 Å². The molecule has 0 aliphatic rings. The summed E-state index contributed by atoms with van der Waals surface area (Å²) in [6.45, 7) is 13.5. The minimum absolute atomic E-state index is 0. The summed E-state index contributed by atoms with van der Waals surface area (Å²) in [5, 5.41) is 6.84. The number of ether oxygens (including phenoxy) is 2. The van der Waals surface area contributed by atoms with E-state index in [1.165, 1.54) is 6.42 Å². The van der Waals surface area contributed by atoms with Gasteiger partial charge in [-0.15, -0.1) is 24.0 Å². The predicted molar refractivity (Wildman–Crippen MR) is 129 cm³/mol. The fraction of sp³-hybridized carbons (Fsp3) is 0.667. The molecule has 0 bridgehead atoms. The molecule has 0 amide bonds. The molecule has 0 spiro atoms. The van der Waals surface area contributed by atoms with E-state index in [9.17, 15) is 0 Å². The fourth-order valence-corrected chi connectivity index (χ4v) is 2.93. The van der Waals surface area contributed by atoms with Gasteiger partial charge in [-0.25, -0.2) is 4.99 Å². The van der Waals surface area contributed by atoms with E-state index in [0.29, 0.717) is 12.6 Å². The molecular weight excluding hydrogens is 467 g/mol. The van der Waals surface area contributed by atoms with Gasteiger partial charge in [-0.3, -0.25) is 0 Å². The molecule has 0 fully saturated rings. The predicted octanol–water partition coefficient (Wildman–Crippen LogP) is 3.89. The standard InChI is InChI=1S/C21H38N4O2.HI/c1-7-22-21(24-17(4)11-10-14-25(8-2)9-3)23-16-18-12-13-19(26-5)15-20(18)27-6;/h12-13,15,17H,7-11,14,16H2,1-6H3,(H2,22,23,24);1H. The van der Waals surface area contributed by atoms with Crippen molar-refractivity contribution in [2.24, 2.45) is 4.99 Å². The van der Waals surface area contributed by atoms with Crippen LogP contribution < -0.4 is 20.1 Å². The topological polar surface area (TPSA) is 58.1 Å². The van der Waals surface area contributed by atoms with Crippen LogP contribution in [0, 0.1) is 0 Å². The molecule has 7 heteroatoms. The van der Waals surface area contributed by atoms with Crippen molar-refractivity contribution in [3.8, 4) is 11.5 Å². The highest BCUT2D eigenvalue weighted by Crippen LogP contribution is 2.25. The third-order valence-corrected chi connectivity index (χ3v) is 4.64. The van der Waals surface area contributed by atoms with Crippen molar-refractivity contribution in [3.05, 3.63) is 23.8 Å². The van der Waals surface area contributed by atoms with Crippen molar-refractivity contribution in [2.75, 3.05) is 40.4 Å². The van der Waals surface area contributed by atoms with Crippen LogP contribution in [0.25, 0.3) is 0 Å². The van der Waals surface area contributed by atoms with Crippen molar-refractivity contribution in [1.82, 2.24) is 15.5 Å². The van der Waals surface area contributed by atoms with Crippen molar-refractivity contribution >= 4 is 29.9 Å². The molecule has 0 radical (unpaired) electrons. The molecule has 1 aromatic carbocycles. The molecule has 0 saturated carbocycles. The Balaban J connectivity index is 0.00000729. The zero-order valence-electron chi connectivity index (χ0n) is 18.4. The molecule has 6 nitrogen and oxygen atoms in total. The van der Waals surface area contributed by atoms with Crippen LogP contribution in [-0.2, 0) is 6.54 Å². The van der Waals surface area contributed by atoms with Crippen molar-refractivity contribution < 1.29 is 9.47 Å². The number of aliphatic imine (C=N–C) groups is 1. The van der Waals surface area contributed by atoms with Gasteiger partial charge in [0.25, 0.3) is 0 Å². The largest absolute Gasteiger partial charge is 0.497 e. The Hall–Kier alpha value is -1.22. The van der Waals surface area contributed by atoms with Gasteiger partial charge in [0.2, 0.25) is 0 Å². The van der Waals surface area contributed by atoms with Crippen LogP contribution in [0.5, 0.6) is 11.5 Å². The van der Waals surface area contributed by atoms with Gasteiger partial charge in [0.1, 0.15) is 11.5 Å². The number of methoxy groups -OCH3 is 2. The zero-order valence-corrected chi connectivity index (χ0v) is 20.7. The maximum Gasteiger partial charge on any atom is 0.191 e. The van der Waals surface area contributed by atoms with Gasteiger partial charge >= 0.3 is 0 Å². The molecular formula is C21H39IN4O2. The summed E-state index contributed by atoms with van der Waals surface area (Å²) in [5.41, 5.74) is 1.03. The Labute approximate surface area is 188 Å². The molecule has 0 aliphatic heterocycles. The molecule has 1 rings (SSSR count). The van der Waals surface area contributed by atoms with Crippen LogP contribution in [-0.4, -0.2) is 57.3 Å². The van der Waals surface area contributed by atoms with Crippen molar-refractivity contribution in [2.45, 2.75) is 53.1 Å². The lowest BCUT2D eigenvalue weighted by atomic mass is 10.1.